The van der Waals surface area contributed by atoms with E-state index >= 15 is 0 Å². The van der Waals surface area contributed by atoms with E-state index in [1.165, 1.54) is 32.1 Å². The minimum Gasteiger partial charge on any atom is -0.288 e. The number of nitriles is 1. The molecule has 0 amide bonds. The quantitative estimate of drug-likeness (QED) is 0.608. The van der Waals surface area contributed by atoms with Crippen LogP contribution in [0.25, 0.3) is 0 Å². The molecule has 0 aromatic heterocycles. The fourth-order valence-corrected chi connectivity index (χ4v) is 1.98. The van der Waals surface area contributed by atoms with Gasteiger partial charge in [-0.05, 0) is 32.4 Å². The van der Waals surface area contributed by atoms with Crippen LogP contribution in [0.1, 0.15) is 45.4 Å². The maximum atomic E-state index is 8.85. The summed E-state index contributed by atoms with van der Waals surface area (Å²) in [7, 11) is 0. The second-order valence-electron chi connectivity index (χ2n) is 3.88. The molecule has 1 unspecified atom stereocenters. The van der Waals surface area contributed by atoms with Gasteiger partial charge in [0.25, 0.3) is 0 Å². The summed E-state index contributed by atoms with van der Waals surface area (Å²) >= 11 is 0. The SMILES string of the molecule is CCCCCCN1CCCC1C#N. The Morgan fingerprint density at radius 3 is 2.92 bits per heavy atom. The first-order valence-electron chi connectivity index (χ1n) is 5.52. The fourth-order valence-electron chi connectivity index (χ4n) is 1.98. The van der Waals surface area contributed by atoms with Gasteiger partial charge in [0.1, 0.15) is 0 Å². The van der Waals surface area contributed by atoms with E-state index < -0.39 is 0 Å². The van der Waals surface area contributed by atoms with E-state index in [9.17, 15) is 0 Å². The average Bonchev–Trinajstić information content (AvgIpc) is 2.60. The lowest BCUT2D eigenvalue weighted by Crippen LogP contribution is -2.28. The van der Waals surface area contributed by atoms with Gasteiger partial charge in [-0.15, -0.1) is 0 Å². The molecule has 0 aromatic carbocycles. The van der Waals surface area contributed by atoms with Crippen molar-refractivity contribution in [1.82, 2.24) is 4.90 Å². The summed E-state index contributed by atoms with van der Waals surface area (Å²) in [6.07, 6.45) is 7.53. The molecule has 0 spiro atoms. The van der Waals surface area contributed by atoms with Gasteiger partial charge in [0.05, 0.1) is 12.1 Å². The molecule has 0 aliphatic carbocycles. The zero-order valence-corrected chi connectivity index (χ0v) is 8.63. The Hall–Kier alpha value is -0.550. The third-order valence-corrected chi connectivity index (χ3v) is 2.81. The van der Waals surface area contributed by atoms with Crippen LogP contribution in [0.5, 0.6) is 0 Å². The molecule has 1 rings (SSSR count). The molecule has 0 radical (unpaired) electrons. The lowest BCUT2D eigenvalue weighted by Gasteiger charge is -2.18. The van der Waals surface area contributed by atoms with E-state index in [4.69, 9.17) is 5.26 Å². The second-order valence-corrected chi connectivity index (χ2v) is 3.88. The van der Waals surface area contributed by atoms with E-state index in [1.54, 1.807) is 0 Å². The highest BCUT2D eigenvalue weighted by molar-refractivity contribution is 4.95. The molecule has 1 aliphatic heterocycles. The van der Waals surface area contributed by atoms with Crippen molar-refractivity contribution in [3.63, 3.8) is 0 Å². The molecule has 0 bridgehead atoms. The molecule has 1 saturated heterocycles. The average molecular weight is 180 g/mol. The van der Waals surface area contributed by atoms with Crippen molar-refractivity contribution in [2.45, 2.75) is 51.5 Å². The van der Waals surface area contributed by atoms with Crippen LogP contribution in [0.15, 0.2) is 0 Å². The molecule has 1 atom stereocenters. The Balaban J connectivity index is 2.10. The molecule has 2 heteroatoms. The van der Waals surface area contributed by atoms with Crippen LogP contribution in [-0.4, -0.2) is 24.0 Å². The number of hydrogen-bond acceptors (Lipinski definition) is 2. The van der Waals surface area contributed by atoms with Crippen molar-refractivity contribution in [2.75, 3.05) is 13.1 Å². The van der Waals surface area contributed by atoms with Crippen LogP contribution in [-0.2, 0) is 0 Å². The summed E-state index contributed by atoms with van der Waals surface area (Å²) in [5.74, 6) is 0. The first-order valence-corrected chi connectivity index (χ1v) is 5.52. The van der Waals surface area contributed by atoms with Crippen LogP contribution < -0.4 is 0 Å². The van der Waals surface area contributed by atoms with Gasteiger partial charge in [-0.25, -0.2) is 0 Å². The van der Waals surface area contributed by atoms with E-state index in [1.807, 2.05) is 0 Å². The predicted octanol–water partition coefficient (Wildman–Crippen LogP) is 2.55. The molecule has 2 nitrogen and oxygen atoms in total. The van der Waals surface area contributed by atoms with Crippen LogP contribution >= 0.6 is 0 Å². The van der Waals surface area contributed by atoms with E-state index in [-0.39, 0.29) is 6.04 Å². The van der Waals surface area contributed by atoms with Crippen LogP contribution in [0.2, 0.25) is 0 Å². The van der Waals surface area contributed by atoms with Gasteiger partial charge in [0, 0.05) is 0 Å². The summed E-state index contributed by atoms with van der Waals surface area (Å²) < 4.78 is 0. The van der Waals surface area contributed by atoms with Gasteiger partial charge in [0.15, 0.2) is 0 Å². The van der Waals surface area contributed by atoms with Crippen molar-refractivity contribution in [3.05, 3.63) is 0 Å². The monoisotopic (exact) mass is 180 g/mol. The van der Waals surface area contributed by atoms with Crippen molar-refractivity contribution < 1.29 is 0 Å². The lowest BCUT2D eigenvalue weighted by atomic mass is 10.2. The number of unbranched alkanes of at least 4 members (excludes halogenated alkanes) is 3. The van der Waals surface area contributed by atoms with E-state index in [2.05, 4.69) is 17.9 Å². The topological polar surface area (TPSA) is 27.0 Å². The summed E-state index contributed by atoms with van der Waals surface area (Å²) in [5.41, 5.74) is 0. The zero-order chi connectivity index (χ0) is 9.52. The Labute approximate surface area is 81.5 Å². The summed E-state index contributed by atoms with van der Waals surface area (Å²) in [6, 6.07) is 2.60. The molecule has 74 valence electrons. The summed E-state index contributed by atoms with van der Waals surface area (Å²) in [4.78, 5) is 2.34. The van der Waals surface area contributed by atoms with Crippen molar-refractivity contribution in [1.29, 1.82) is 5.26 Å². The molecule has 1 heterocycles. The van der Waals surface area contributed by atoms with Gasteiger partial charge in [-0.1, -0.05) is 26.2 Å². The molecular weight excluding hydrogens is 160 g/mol. The van der Waals surface area contributed by atoms with Crippen molar-refractivity contribution in [2.24, 2.45) is 0 Å². The van der Waals surface area contributed by atoms with Gasteiger partial charge >= 0.3 is 0 Å². The Morgan fingerprint density at radius 1 is 1.38 bits per heavy atom. The second kappa shape index (κ2) is 5.99. The highest BCUT2D eigenvalue weighted by Gasteiger charge is 2.22. The predicted molar refractivity (Wildman–Crippen MR) is 54.4 cm³/mol. The molecule has 13 heavy (non-hydrogen) atoms. The van der Waals surface area contributed by atoms with Gasteiger partial charge in [-0.3, -0.25) is 4.90 Å². The highest BCUT2D eigenvalue weighted by Crippen LogP contribution is 2.17. The normalized spacial score (nSPS) is 23.2. The third kappa shape index (κ3) is 3.36. The zero-order valence-electron chi connectivity index (χ0n) is 8.63. The highest BCUT2D eigenvalue weighted by atomic mass is 15.2. The fraction of sp³-hybridized carbons (Fsp3) is 0.909. The maximum absolute atomic E-state index is 8.85. The smallest absolute Gasteiger partial charge is 0.0978 e. The van der Waals surface area contributed by atoms with Crippen molar-refractivity contribution >= 4 is 0 Å². The molecule has 1 fully saturated rings. The molecule has 0 aromatic rings. The number of rotatable bonds is 5. The first-order chi connectivity index (χ1) is 6.38. The minimum atomic E-state index is 0.224. The number of likely N-dealkylation sites (tertiary alicyclic amines) is 1. The van der Waals surface area contributed by atoms with Gasteiger partial charge in [-0.2, -0.15) is 5.26 Å². The Bertz CT molecular complexity index is 171. The van der Waals surface area contributed by atoms with E-state index in [0.29, 0.717) is 0 Å². The maximum Gasteiger partial charge on any atom is 0.0978 e. The van der Waals surface area contributed by atoms with Crippen LogP contribution in [0.3, 0.4) is 0 Å². The largest absolute Gasteiger partial charge is 0.288 e. The lowest BCUT2D eigenvalue weighted by molar-refractivity contribution is 0.287. The third-order valence-electron chi connectivity index (χ3n) is 2.81. The van der Waals surface area contributed by atoms with Gasteiger partial charge < -0.3 is 0 Å². The van der Waals surface area contributed by atoms with Crippen LogP contribution in [0, 0.1) is 11.3 Å². The molecule has 0 saturated carbocycles. The van der Waals surface area contributed by atoms with Gasteiger partial charge in [0.2, 0.25) is 0 Å². The first kappa shape index (κ1) is 10.5. The summed E-state index contributed by atoms with van der Waals surface area (Å²) in [6.45, 7) is 4.51. The number of hydrogen-bond donors (Lipinski definition) is 0. The molecular formula is C11H20N2. The minimum absolute atomic E-state index is 0.224. The molecule has 1 aliphatic rings. The van der Waals surface area contributed by atoms with E-state index in [0.717, 1.165) is 19.5 Å². The number of nitrogens with zero attached hydrogens (tertiary/aromatic N) is 2. The van der Waals surface area contributed by atoms with Crippen molar-refractivity contribution in [3.8, 4) is 6.07 Å². The molecule has 0 N–H and O–H groups in total. The standard InChI is InChI=1S/C11H20N2/c1-2-3-4-5-8-13-9-6-7-11(13)10-12/h11H,2-9H2,1H3. The Kier molecular flexibility index (Phi) is 4.85. The Morgan fingerprint density at radius 2 is 2.23 bits per heavy atom. The summed E-state index contributed by atoms with van der Waals surface area (Å²) in [5, 5.41) is 8.85. The van der Waals surface area contributed by atoms with Crippen LogP contribution in [0.4, 0.5) is 0 Å².